The molecule has 2 aliphatic carbocycles. The van der Waals surface area contributed by atoms with E-state index in [9.17, 15) is 9.59 Å². The van der Waals surface area contributed by atoms with Gasteiger partial charge in [0.1, 0.15) is 5.00 Å². The minimum Gasteiger partial charge on any atom is -0.465 e. The van der Waals surface area contributed by atoms with Crippen LogP contribution in [0.5, 0.6) is 0 Å². The van der Waals surface area contributed by atoms with Gasteiger partial charge in [0.15, 0.2) is 0 Å². The second-order valence-electron chi connectivity index (χ2n) is 7.57. The lowest BCUT2D eigenvalue weighted by Crippen LogP contribution is -2.17. The van der Waals surface area contributed by atoms with Crippen LogP contribution in [0.2, 0.25) is 0 Å². The third kappa shape index (κ3) is 3.53. The molecule has 3 atom stereocenters. The van der Waals surface area contributed by atoms with Gasteiger partial charge in [-0.3, -0.25) is 4.79 Å². The minimum absolute atomic E-state index is 0.0135. The maximum atomic E-state index is 12.8. The highest BCUT2D eigenvalue weighted by Gasteiger charge is 2.44. The molecule has 2 aromatic rings. The van der Waals surface area contributed by atoms with E-state index in [2.05, 4.69) is 24.4 Å². The summed E-state index contributed by atoms with van der Waals surface area (Å²) in [5.41, 5.74) is 2.88. The standard InChI is InChI=1S/C22H25NO3S/c1-3-13-9-10-15-18(11-13)27-21(19(15)22(25)26-2)23-20(24)17-12-16(17)14-7-5-4-6-8-14/h4-8,13,16-17H,3,9-12H2,1-2H3,(H,23,24). The number of carbonyl (C=O) groups excluding carboxylic acids is 2. The Morgan fingerprint density at radius 3 is 2.74 bits per heavy atom. The van der Waals surface area contributed by atoms with Crippen LogP contribution in [0.4, 0.5) is 5.00 Å². The molecule has 4 nitrogen and oxygen atoms in total. The lowest BCUT2D eigenvalue weighted by Gasteiger charge is -2.20. The average molecular weight is 384 g/mol. The van der Waals surface area contributed by atoms with Crippen molar-refractivity contribution in [2.45, 2.75) is 44.9 Å². The average Bonchev–Trinajstić information content (AvgIpc) is 3.43. The van der Waals surface area contributed by atoms with Crippen molar-refractivity contribution in [3.05, 3.63) is 51.9 Å². The van der Waals surface area contributed by atoms with Gasteiger partial charge in [-0.1, -0.05) is 43.7 Å². The van der Waals surface area contributed by atoms with Crippen molar-refractivity contribution in [1.82, 2.24) is 0 Å². The van der Waals surface area contributed by atoms with E-state index >= 15 is 0 Å². The van der Waals surface area contributed by atoms with Gasteiger partial charge < -0.3 is 10.1 Å². The van der Waals surface area contributed by atoms with Crippen LogP contribution in [0.25, 0.3) is 0 Å². The zero-order valence-electron chi connectivity index (χ0n) is 15.8. The van der Waals surface area contributed by atoms with E-state index < -0.39 is 0 Å². The molecule has 0 spiro atoms. The zero-order valence-corrected chi connectivity index (χ0v) is 16.6. The Morgan fingerprint density at radius 1 is 1.26 bits per heavy atom. The number of carbonyl (C=O) groups is 2. The first-order valence-corrected chi connectivity index (χ1v) is 10.5. The fraction of sp³-hybridized carbons (Fsp3) is 0.455. The van der Waals surface area contributed by atoms with Crippen LogP contribution < -0.4 is 5.32 Å². The predicted octanol–water partition coefficient (Wildman–Crippen LogP) is 4.79. The molecule has 3 unspecified atom stereocenters. The van der Waals surface area contributed by atoms with Crippen molar-refractivity contribution in [1.29, 1.82) is 0 Å². The molecule has 0 saturated heterocycles. The summed E-state index contributed by atoms with van der Waals surface area (Å²) in [6.45, 7) is 2.21. The number of esters is 1. The van der Waals surface area contributed by atoms with Gasteiger partial charge in [-0.2, -0.15) is 0 Å². The first kappa shape index (κ1) is 18.2. The molecule has 1 aromatic carbocycles. The first-order chi connectivity index (χ1) is 13.1. The largest absolute Gasteiger partial charge is 0.465 e. The summed E-state index contributed by atoms with van der Waals surface area (Å²) < 4.78 is 5.02. The maximum Gasteiger partial charge on any atom is 0.341 e. The Kier molecular flexibility index (Phi) is 5.04. The Balaban J connectivity index is 1.54. The van der Waals surface area contributed by atoms with Crippen molar-refractivity contribution in [3.63, 3.8) is 0 Å². The summed E-state index contributed by atoms with van der Waals surface area (Å²) in [5, 5.41) is 3.73. The third-order valence-electron chi connectivity index (χ3n) is 5.93. The van der Waals surface area contributed by atoms with Crippen LogP contribution in [0.3, 0.4) is 0 Å². The van der Waals surface area contributed by atoms with Crippen LogP contribution in [-0.4, -0.2) is 19.0 Å². The van der Waals surface area contributed by atoms with Gasteiger partial charge in [0.2, 0.25) is 5.91 Å². The van der Waals surface area contributed by atoms with Crippen molar-refractivity contribution in [3.8, 4) is 0 Å². The monoisotopic (exact) mass is 383 g/mol. The quantitative estimate of drug-likeness (QED) is 0.755. The second-order valence-corrected chi connectivity index (χ2v) is 8.67. The third-order valence-corrected chi connectivity index (χ3v) is 7.10. The number of hydrogen-bond donors (Lipinski definition) is 1. The highest BCUT2D eigenvalue weighted by atomic mass is 32.1. The molecule has 1 aromatic heterocycles. The molecule has 0 aliphatic heterocycles. The molecule has 1 heterocycles. The smallest absolute Gasteiger partial charge is 0.341 e. The predicted molar refractivity (Wildman–Crippen MR) is 107 cm³/mol. The Bertz CT molecular complexity index is 858. The van der Waals surface area contributed by atoms with E-state index in [1.165, 1.54) is 17.6 Å². The maximum absolute atomic E-state index is 12.8. The van der Waals surface area contributed by atoms with Crippen LogP contribution in [-0.2, 0) is 22.4 Å². The number of anilines is 1. The highest BCUT2D eigenvalue weighted by Crippen LogP contribution is 2.49. The van der Waals surface area contributed by atoms with E-state index in [1.54, 1.807) is 11.3 Å². The van der Waals surface area contributed by atoms with E-state index in [4.69, 9.17) is 4.74 Å². The number of ether oxygens (including phenoxy) is 1. The van der Waals surface area contributed by atoms with E-state index in [-0.39, 0.29) is 23.7 Å². The van der Waals surface area contributed by atoms with Gasteiger partial charge in [-0.05, 0) is 48.6 Å². The minimum atomic E-state index is -0.340. The first-order valence-electron chi connectivity index (χ1n) is 9.71. The summed E-state index contributed by atoms with van der Waals surface area (Å²) in [7, 11) is 1.40. The lowest BCUT2D eigenvalue weighted by molar-refractivity contribution is -0.117. The molecule has 27 heavy (non-hydrogen) atoms. The topological polar surface area (TPSA) is 55.4 Å². The molecule has 1 saturated carbocycles. The van der Waals surface area contributed by atoms with Gasteiger partial charge in [0.05, 0.1) is 12.7 Å². The zero-order chi connectivity index (χ0) is 19.0. The normalized spacial score (nSPS) is 23.4. The number of methoxy groups -OCH3 is 1. The van der Waals surface area contributed by atoms with Crippen molar-refractivity contribution < 1.29 is 14.3 Å². The van der Waals surface area contributed by atoms with Crippen molar-refractivity contribution in [2.75, 3.05) is 12.4 Å². The van der Waals surface area contributed by atoms with Gasteiger partial charge in [0.25, 0.3) is 0 Å². The fourth-order valence-electron chi connectivity index (χ4n) is 4.17. The highest BCUT2D eigenvalue weighted by molar-refractivity contribution is 7.17. The molecular formula is C22H25NO3S. The fourth-order valence-corrected chi connectivity index (χ4v) is 5.52. The number of rotatable bonds is 5. The molecule has 4 rings (SSSR count). The molecule has 5 heteroatoms. The number of benzene rings is 1. The molecule has 1 amide bonds. The van der Waals surface area contributed by atoms with Gasteiger partial charge in [-0.25, -0.2) is 4.79 Å². The summed E-state index contributed by atoms with van der Waals surface area (Å²) in [5.74, 6) is 0.608. The molecular weight excluding hydrogens is 358 g/mol. The summed E-state index contributed by atoms with van der Waals surface area (Å²) >= 11 is 1.56. The number of amides is 1. The van der Waals surface area contributed by atoms with Gasteiger partial charge in [0, 0.05) is 10.8 Å². The molecule has 1 N–H and O–H groups in total. The van der Waals surface area contributed by atoms with Crippen LogP contribution in [0.1, 0.15) is 58.5 Å². The van der Waals surface area contributed by atoms with Crippen LogP contribution >= 0.6 is 11.3 Å². The lowest BCUT2D eigenvalue weighted by atomic mass is 9.85. The SMILES string of the molecule is CCC1CCc2c(sc(NC(=O)C3CC3c3ccccc3)c2C(=O)OC)C1. The van der Waals surface area contributed by atoms with E-state index in [1.807, 2.05) is 18.2 Å². The summed E-state index contributed by atoms with van der Waals surface area (Å²) in [4.78, 5) is 26.4. The summed E-state index contributed by atoms with van der Waals surface area (Å²) in [6.07, 6.45) is 4.99. The number of fused-ring (bicyclic) bond motifs is 1. The number of nitrogens with one attached hydrogen (secondary N) is 1. The van der Waals surface area contributed by atoms with Crippen LogP contribution in [0.15, 0.2) is 30.3 Å². The molecule has 0 bridgehead atoms. The Hall–Kier alpha value is -2.14. The summed E-state index contributed by atoms with van der Waals surface area (Å²) in [6, 6.07) is 10.2. The van der Waals surface area contributed by atoms with Crippen molar-refractivity contribution >= 4 is 28.2 Å². The molecule has 0 radical (unpaired) electrons. The molecule has 1 fully saturated rings. The number of thiophene rings is 1. The van der Waals surface area contributed by atoms with Gasteiger partial charge in [-0.15, -0.1) is 11.3 Å². The second kappa shape index (κ2) is 7.47. The number of hydrogen-bond acceptors (Lipinski definition) is 4. The Labute approximate surface area is 163 Å². The molecule has 2 aliphatic rings. The van der Waals surface area contributed by atoms with E-state index in [0.29, 0.717) is 16.5 Å². The van der Waals surface area contributed by atoms with Crippen LogP contribution in [0, 0.1) is 11.8 Å². The Morgan fingerprint density at radius 2 is 2.04 bits per heavy atom. The van der Waals surface area contributed by atoms with E-state index in [0.717, 1.165) is 37.7 Å². The van der Waals surface area contributed by atoms with Gasteiger partial charge >= 0.3 is 5.97 Å². The molecule has 142 valence electrons. The van der Waals surface area contributed by atoms with Crippen molar-refractivity contribution in [2.24, 2.45) is 11.8 Å².